The van der Waals surface area contributed by atoms with Crippen LogP contribution in [0.2, 0.25) is 0 Å². The number of carbonyl (C=O) groups excluding carboxylic acids is 1. The summed E-state index contributed by atoms with van der Waals surface area (Å²) in [5, 5.41) is 10.1. The lowest BCUT2D eigenvalue weighted by molar-refractivity contribution is -0.115. The van der Waals surface area contributed by atoms with Gasteiger partial charge in [-0.05, 0) is 24.3 Å². The number of benzene rings is 1. The number of ether oxygens (including phenoxy) is 1. The van der Waals surface area contributed by atoms with Gasteiger partial charge in [0.15, 0.2) is 4.80 Å². The lowest BCUT2D eigenvalue weighted by atomic mass is 10.2. The maximum absolute atomic E-state index is 11.9. The Morgan fingerprint density at radius 2 is 2.17 bits per heavy atom. The monoisotopic (exact) mass is 362 g/mol. The number of hydrogen-bond acceptors (Lipinski definition) is 7. The second-order valence-corrected chi connectivity index (χ2v) is 6.49. The Morgan fingerprint density at radius 3 is 2.83 bits per heavy atom. The van der Waals surface area contributed by atoms with Crippen LogP contribution in [-0.2, 0) is 11.8 Å². The number of nitrogens with zero attached hydrogens (tertiary/aromatic N) is 4. The SMILES string of the molecule is COc1ccc(-c2nnc(SCC(=O)N=c3sccn3C)o2)cc1. The third kappa shape index (κ3) is 3.92. The average molecular weight is 362 g/mol. The molecule has 0 saturated heterocycles. The Kier molecular flexibility index (Phi) is 5.11. The number of aromatic nitrogens is 3. The molecule has 2 aromatic heterocycles. The lowest BCUT2D eigenvalue weighted by Gasteiger charge is -1.99. The zero-order valence-electron chi connectivity index (χ0n) is 13.0. The first-order valence-corrected chi connectivity index (χ1v) is 8.80. The third-order valence-corrected chi connectivity index (χ3v) is 4.69. The van der Waals surface area contributed by atoms with Crippen molar-refractivity contribution in [2.24, 2.45) is 12.0 Å². The number of hydrogen-bond donors (Lipinski definition) is 0. The van der Waals surface area contributed by atoms with Crippen molar-refractivity contribution < 1.29 is 13.9 Å². The fourth-order valence-electron chi connectivity index (χ4n) is 1.82. The van der Waals surface area contributed by atoms with E-state index in [0.29, 0.717) is 15.9 Å². The van der Waals surface area contributed by atoms with Gasteiger partial charge in [-0.3, -0.25) is 4.79 Å². The normalized spacial score (nSPS) is 11.7. The minimum Gasteiger partial charge on any atom is -0.497 e. The van der Waals surface area contributed by atoms with E-state index in [1.807, 2.05) is 42.9 Å². The molecule has 0 radical (unpaired) electrons. The van der Waals surface area contributed by atoms with Gasteiger partial charge in [0.05, 0.1) is 12.9 Å². The Morgan fingerprint density at radius 1 is 1.38 bits per heavy atom. The zero-order valence-corrected chi connectivity index (χ0v) is 14.6. The van der Waals surface area contributed by atoms with E-state index in [-0.39, 0.29) is 11.7 Å². The van der Waals surface area contributed by atoms with Crippen molar-refractivity contribution in [1.82, 2.24) is 14.8 Å². The van der Waals surface area contributed by atoms with E-state index in [4.69, 9.17) is 9.15 Å². The highest BCUT2D eigenvalue weighted by Crippen LogP contribution is 2.24. The Balaban J connectivity index is 1.64. The lowest BCUT2D eigenvalue weighted by Crippen LogP contribution is -2.13. The second-order valence-electron chi connectivity index (χ2n) is 4.69. The van der Waals surface area contributed by atoms with E-state index in [1.54, 1.807) is 11.7 Å². The average Bonchev–Trinajstić information content (AvgIpc) is 3.23. The molecule has 0 aliphatic heterocycles. The van der Waals surface area contributed by atoms with Gasteiger partial charge in [-0.2, -0.15) is 4.99 Å². The minimum atomic E-state index is -0.248. The third-order valence-electron chi connectivity index (χ3n) is 3.04. The van der Waals surface area contributed by atoms with Gasteiger partial charge in [0.1, 0.15) is 5.75 Å². The highest BCUT2D eigenvalue weighted by atomic mass is 32.2. The number of methoxy groups -OCH3 is 1. The molecule has 1 aromatic carbocycles. The van der Waals surface area contributed by atoms with Crippen LogP contribution in [0.25, 0.3) is 11.5 Å². The molecule has 3 aromatic rings. The van der Waals surface area contributed by atoms with Gasteiger partial charge >= 0.3 is 0 Å². The highest BCUT2D eigenvalue weighted by molar-refractivity contribution is 7.99. The first-order chi connectivity index (χ1) is 11.7. The fraction of sp³-hybridized carbons (Fsp3) is 0.200. The zero-order chi connectivity index (χ0) is 16.9. The molecule has 1 amide bonds. The molecule has 0 aliphatic rings. The highest BCUT2D eigenvalue weighted by Gasteiger charge is 2.11. The van der Waals surface area contributed by atoms with Crippen LogP contribution < -0.4 is 9.54 Å². The summed E-state index contributed by atoms with van der Waals surface area (Å²) in [5.41, 5.74) is 0.789. The molecule has 0 spiro atoms. The predicted octanol–water partition coefficient (Wildman–Crippen LogP) is 2.36. The van der Waals surface area contributed by atoms with Gasteiger partial charge in [0.2, 0.25) is 5.89 Å². The largest absolute Gasteiger partial charge is 0.497 e. The Labute approximate surface area is 146 Å². The Bertz CT molecular complexity index is 896. The number of carbonyl (C=O) groups is 1. The van der Waals surface area contributed by atoms with Gasteiger partial charge in [-0.1, -0.05) is 11.8 Å². The maximum atomic E-state index is 11.9. The summed E-state index contributed by atoms with van der Waals surface area (Å²) in [7, 11) is 3.45. The van der Waals surface area contributed by atoms with E-state index >= 15 is 0 Å². The summed E-state index contributed by atoms with van der Waals surface area (Å²) < 4.78 is 12.5. The summed E-state index contributed by atoms with van der Waals surface area (Å²) in [6.45, 7) is 0. The first-order valence-electron chi connectivity index (χ1n) is 6.94. The van der Waals surface area contributed by atoms with Crippen molar-refractivity contribution in [1.29, 1.82) is 0 Å². The second kappa shape index (κ2) is 7.45. The Hall–Kier alpha value is -2.39. The van der Waals surface area contributed by atoms with Crippen molar-refractivity contribution in [2.75, 3.05) is 12.9 Å². The summed E-state index contributed by atoms with van der Waals surface area (Å²) in [6.07, 6.45) is 1.85. The molecular formula is C15H14N4O3S2. The molecule has 0 aliphatic carbocycles. The summed E-state index contributed by atoms with van der Waals surface area (Å²) >= 11 is 2.57. The molecule has 7 nitrogen and oxygen atoms in total. The number of amides is 1. The molecule has 0 fully saturated rings. The maximum Gasteiger partial charge on any atom is 0.277 e. The molecule has 24 heavy (non-hydrogen) atoms. The molecule has 0 bridgehead atoms. The van der Waals surface area contributed by atoms with Crippen LogP contribution in [0.1, 0.15) is 0 Å². The van der Waals surface area contributed by atoms with Gasteiger partial charge < -0.3 is 13.7 Å². The van der Waals surface area contributed by atoms with Gasteiger partial charge in [-0.15, -0.1) is 21.5 Å². The van der Waals surface area contributed by atoms with Crippen molar-refractivity contribution in [3.8, 4) is 17.2 Å². The molecule has 0 atom stereocenters. The van der Waals surface area contributed by atoms with Crippen molar-refractivity contribution in [2.45, 2.75) is 5.22 Å². The standard InChI is InChI=1S/C15H14N4O3S2/c1-19-7-8-23-14(19)16-12(20)9-24-15-18-17-13(22-15)10-3-5-11(21-2)6-4-10/h3-8H,9H2,1-2H3. The molecule has 0 unspecified atom stereocenters. The molecule has 0 N–H and O–H groups in total. The number of aryl methyl sites for hydroxylation is 1. The van der Waals surface area contributed by atoms with Gasteiger partial charge in [-0.25, -0.2) is 0 Å². The minimum absolute atomic E-state index is 0.141. The molecular weight excluding hydrogens is 348 g/mol. The topological polar surface area (TPSA) is 82.5 Å². The summed E-state index contributed by atoms with van der Waals surface area (Å²) in [4.78, 5) is 16.6. The van der Waals surface area contributed by atoms with Crippen LogP contribution >= 0.6 is 23.1 Å². The van der Waals surface area contributed by atoms with E-state index in [2.05, 4.69) is 15.2 Å². The quantitative estimate of drug-likeness (QED) is 0.648. The molecule has 124 valence electrons. The van der Waals surface area contributed by atoms with Crippen LogP contribution in [0.4, 0.5) is 0 Å². The van der Waals surface area contributed by atoms with Crippen LogP contribution in [-0.4, -0.2) is 33.5 Å². The summed E-state index contributed by atoms with van der Waals surface area (Å²) in [6, 6.07) is 7.29. The van der Waals surface area contributed by atoms with Crippen molar-refractivity contribution in [3.05, 3.63) is 40.6 Å². The van der Waals surface area contributed by atoms with E-state index in [9.17, 15) is 4.79 Å². The van der Waals surface area contributed by atoms with Crippen LogP contribution in [0, 0.1) is 0 Å². The molecule has 0 saturated carbocycles. The number of thioether (sulfide) groups is 1. The van der Waals surface area contributed by atoms with E-state index < -0.39 is 0 Å². The molecule has 9 heteroatoms. The van der Waals surface area contributed by atoms with E-state index in [1.165, 1.54) is 23.1 Å². The van der Waals surface area contributed by atoms with Crippen LogP contribution in [0.3, 0.4) is 0 Å². The number of rotatable bonds is 5. The first kappa shape index (κ1) is 16.5. The smallest absolute Gasteiger partial charge is 0.277 e. The number of thiazole rings is 1. The van der Waals surface area contributed by atoms with Gasteiger partial charge in [0.25, 0.3) is 11.1 Å². The van der Waals surface area contributed by atoms with Crippen molar-refractivity contribution in [3.63, 3.8) is 0 Å². The summed E-state index contributed by atoms with van der Waals surface area (Å²) in [5.74, 6) is 1.04. The fourth-order valence-corrected chi connectivity index (χ4v) is 3.11. The molecule has 3 rings (SSSR count). The van der Waals surface area contributed by atoms with E-state index in [0.717, 1.165) is 11.3 Å². The molecule has 2 heterocycles. The van der Waals surface area contributed by atoms with Gasteiger partial charge in [0, 0.05) is 24.2 Å². The van der Waals surface area contributed by atoms with Crippen molar-refractivity contribution >= 4 is 29.0 Å². The predicted molar refractivity (Wildman–Crippen MR) is 90.9 cm³/mol. The van der Waals surface area contributed by atoms with Crippen LogP contribution in [0.5, 0.6) is 5.75 Å². The van der Waals surface area contributed by atoms with Crippen LogP contribution in [0.15, 0.2) is 50.5 Å².